The summed E-state index contributed by atoms with van der Waals surface area (Å²) in [4.78, 5) is 13.1. The van der Waals surface area contributed by atoms with Crippen LogP contribution >= 0.6 is 0 Å². The average molecular weight is 363 g/mol. The highest BCUT2D eigenvalue weighted by Gasteiger charge is 2.51. The number of amides is 1. The first-order valence-corrected chi connectivity index (χ1v) is 10.1. The lowest BCUT2D eigenvalue weighted by Crippen LogP contribution is -2.54. The van der Waals surface area contributed by atoms with Gasteiger partial charge in [-0.2, -0.15) is 0 Å². The minimum absolute atomic E-state index is 0.136. The van der Waals surface area contributed by atoms with E-state index in [1.54, 1.807) is 0 Å². The van der Waals surface area contributed by atoms with Crippen molar-refractivity contribution in [1.29, 1.82) is 0 Å². The van der Waals surface area contributed by atoms with E-state index in [2.05, 4.69) is 43.4 Å². The maximum absolute atomic E-state index is 13.1. The third-order valence-electron chi connectivity index (χ3n) is 7.27. The van der Waals surface area contributed by atoms with E-state index in [1.165, 1.54) is 12.8 Å². The first kappa shape index (κ1) is 18.2. The van der Waals surface area contributed by atoms with E-state index in [4.69, 9.17) is 5.73 Å². The summed E-state index contributed by atoms with van der Waals surface area (Å²) < 4.78 is 0. The molecule has 2 fully saturated rings. The molecule has 2 aromatic carbocycles. The number of piperidine rings is 1. The molecule has 3 N–H and O–H groups in total. The van der Waals surface area contributed by atoms with E-state index >= 15 is 0 Å². The highest BCUT2D eigenvalue weighted by atomic mass is 16.1. The monoisotopic (exact) mass is 362 g/mol. The molecule has 3 nitrogen and oxygen atoms in total. The molecule has 0 aromatic heterocycles. The van der Waals surface area contributed by atoms with Crippen LogP contribution in [0.15, 0.2) is 60.7 Å². The van der Waals surface area contributed by atoms with Crippen LogP contribution in [0.5, 0.6) is 0 Å². The Bertz CT molecular complexity index is 760. The Kier molecular flexibility index (Phi) is 4.59. The number of hydrogen-bond donors (Lipinski definition) is 2. The van der Waals surface area contributed by atoms with Gasteiger partial charge >= 0.3 is 0 Å². The van der Waals surface area contributed by atoms with Gasteiger partial charge in [-0.25, -0.2) is 0 Å². The molecule has 2 saturated heterocycles. The number of primary amides is 1. The van der Waals surface area contributed by atoms with E-state index < -0.39 is 5.41 Å². The molecular formula is C24H30N2O. The molecule has 2 aromatic rings. The highest BCUT2D eigenvalue weighted by molar-refractivity contribution is 5.90. The fourth-order valence-electron chi connectivity index (χ4n) is 5.47. The van der Waals surface area contributed by atoms with E-state index in [-0.39, 0.29) is 11.3 Å². The first-order chi connectivity index (χ1) is 12.9. The summed E-state index contributed by atoms with van der Waals surface area (Å²) in [5, 5.41) is 3.79. The molecule has 0 aliphatic carbocycles. The van der Waals surface area contributed by atoms with E-state index in [1.807, 2.05) is 36.4 Å². The van der Waals surface area contributed by atoms with Gasteiger partial charge in [-0.05, 0) is 48.1 Å². The predicted molar refractivity (Wildman–Crippen MR) is 109 cm³/mol. The van der Waals surface area contributed by atoms with Crippen molar-refractivity contribution >= 4 is 5.91 Å². The van der Waals surface area contributed by atoms with Gasteiger partial charge in [0.2, 0.25) is 5.91 Å². The Morgan fingerprint density at radius 1 is 1.04 bits per heavy atom. The van der Waals surface area contributed by atoms with Crippen molar-refractivity contribution in [3.63, 3.8) is 0 Å². The summed E-state index contributed by atoms with van der Waals surface area (Å²) in [7, 11) is 0. The zero-order valence-corrected chi connectivity index (χ0v) is 16.3. The molecule has 27 heavy (non-hydrogen) atoms. The van der Waals surface area contributed by atoms with Crippen LogP contribution in [-0.2, 0) is 10.2 Å². The smallest absolute Gasteiger partial charge is 0.232 e. The van der Waals surface area contributed by atoms with E-state index in [0.29, 0.717) is 18.0 Å². The zero-order valence-electron chi connectivity index (χ0n) is 16.3. The predicted octanol–water partition coefficient (Wildman–Crippen LogP) is 4.01. The number of fused-ring (bicyclic) bond motifs is 2. The number of nitrogens with one attached hydrogen (secondary N) is 1. The van der Waals surface area contributed by atoms with Gasteiger partial charge in [0, 0.05) is 12.1 Å². The molecule has 0 saturated carbocycles. The minimum Gasteiger partial charge on any atom is -0.369 e. The van der Waals surface area contributed by atoms with Crippen molar-refractivity contribution in [1.82, 2.24) is 5.32 Å². The lowest BCUT2D eigenvalue weighted by molar-refractivity contribution is -0.123. The van der Waals surface area contributed by atoms with Gasteiger partial charge in [0.25, 0.3) is 0 Å². The maximum Gasteiger partial charge on any atom is 0.232 e. The minimum atomic E-state index is -0.790. The van der Waals surface area contributed by atoms with Crippen LogP contribution in [0.25, 0.3) is 0 Å². The second-order valence-electron chi connectivity index (χ2n) is 8.95. The number of rotatable bonds is 5. The van der Waals surface area contributed by atoms with E-state index in [0.717, 1.165) is 24.0 Å². The third kappa shape index (κ3) is 2.98. The number of carbonyl (C=O) groups excluding carboxylic acids is 1. The summed E-state index contributed by atoms with van der Waals surface area (Å²) in [6, 6.07) is 21.3. The SMILES string of the molecule is CC1(C)C(CC(C(N)=O)(c2ccccc2)c2ccccc2)CC2CCC1N2. The summed E-state index contributed by atoms with van der Waals surface area (Å²) in [5.41, 5.74) is 7.53. The number of nitrogens with two attached hydrogens (primary N) is 1. The van der Waals surface area contributed by atoms with Crippen LogP contribution in [0, 0.1) is 11.3 Å². The van der Waals surface area contributed by atoms with Crippen LogP contribution in [0.2, 0.25) is 0 Å². The van der Waals surface area contributed by atoms with Gasteiger partial charge in [-0.1, -0.05) is 74.5 Å². The van der Waals surface area contributed by atoms with Gasteiger partial charge in [0.15, 0.2) is 0 Å². The molecule has 4 rings (SSSR count). The second-order valence-corrected chi connectivity index (χ2v) is 8.95. The van der Waals surface area contributed by atoms with Crippen molar-refractivity contribution in [2.45, 2.75) is 57.0 Å². The lowest BCUT2D eigenvalue weighted by atomic mass is 9.60. The van der Waals surface area contributed by atoms with Crippen LogP contribution < -0.4 is 11.1 Å². The Morgan fingerprint density at radius 3 is 2.11 bits per heavy atom. The van der Waals surface area contributed by atoms with Crippen LogP contribution in [-0.4, -0.2) is 18.0 Å². The summed E-state index contributed by atoms with van der Waals surface area (Å²) >= 11 is 0. The molecule has 142 valence electrons. The Balaban J connectivity index is 1.82. The number of benzene rings is 2. The average Bonchev–Trinajstić information content (AvgIpc) is 3.11. The van der Waals surface area contributed by atoms with Gasteiger partial charge in [-0.15, -0.1) is 0 Å². The van der Waals surface area contributed by atoms with E-state index in [9.17, 15) is 4.79 Å². The normalized spacial score (nSPS) is 26.7. The van der Waals surface area contributed by atoms with Crippen molar-refractivity contribution in [2.24, 2.45) is 17.1 Å². The van der Waals surface area contributed by atoms with Crippen molar-refractivity contribution in [3.05, 3.63) is 71.8 Å². The molecule has 0 radical (unpaired) electrons. The van der Waals surface area contributed by atoms with Crippen LogP contribution in [0.4, 0.5) is 0 Å². The Hall–Kier alpha value is -2.13. The Labute approximate surface area is 162 Å². The third-order valence-corrected chi connectivity index (χ3v) is 7.27. The zero-order chi connectivity index (χ0) is 19.1. The van der Waals surface area contributed by atoms with Gasteiger partial charge < -0.3 is 11.1 Å². The fourth-order valence-corrected chi connectivity index (χ4v) is 5.47. The molecule has 2 bridgehead atoms. The maximum atomic E-state index is 13.1. The van der Waals surface area contributed by atoms with Gasteiger partial charge in [0.05, 0.1) is 5.41 Å². The Morgan fingerprint density at radius 2 is 1.59 bits per heavy atom. The number of hydrogen-bond acceptors (Lipinski definition) is 2. The first-order valence-electron chi connectivity index (χ1n) is 10.1. The molecule has 3 heteroatoms. The van der Waals surface area contributed by atoms with Gasteiger partial charge in [0.1, 0.15) is 0 Å². The van der Waals surface area contributed by atoms with Crippen LogP contribution in [0.3, 0.4) is 0 Å². The summed E-state index contributed by atoms with van der Waals surface area (Å²) in [6.45, 7) is 4.72. The molecule has 3 unspecified atom stereocenters. The highest BCUT2D eigenvalue weighted by Crippen LogP contribution is 2.51. The molecule has 3 atom stereocenters. The second kappa shape index (κ2) is 6.79. The summed E-state index contributed by atoms with van der Waals surface area (Å²) in [6.07, 6.45) is 4.34. The molecule has 0 spiro atoms. The van der Waals surface area contributed by atoms with Crippen molar-refractivity contribution < 1.29 is 4.79 Å². The summed E-state index contributed by atoms with van der Waals surface area (Å²) in [5.74, 6) is 0.186. The molecular weight excluding hydrogens is 332 g/mol. The quantitative estimate of drug-likeness (QED) is 0.844. The fraction of sp³-hybridized carbons (Fsp3) is 0.458. The lowest BCUT2D eigenvalue weighted by Gasteiger charge is -2.48. The van der Waals surface area contributed by atoms with Gasteiger partial charge in [-0.3, -0.25) is 4.79 Å². The van der Waals surface area contributed by atoms with Crippen LogP contribution in [0.1, 0.15) is 50.7 Å². The van der Waals surface area contributed by atoms with Crippen molar-refractivity contribution in [3.8, 4) is 0 Å². The molecule has 2 heterocycles. The number of carbonyl (C=O) groups is 1. The molecule has 2 aliphatic rings. The topological polar surface area (TPSA) is 55.1 Å². The molecule has 1 amide bonds. The van der Waals surface area contributed by atoms with Crippen molar-refractivity contribution in [2.75, 3.05) is 0 Å². The standard InChI is InChI=1S/C24H30N2O/c1-23(2)19(15-20-13-14-21(23)26-20)16-24(22(25)27,17-9-5-3-6-10-17)18-11-7-4-8-12-18/h3-12,19-21,26H,13-16H2,1-2H3,(H2,25,27). The largest absolute Gasteiger partial charge is 0.369 e. The molecule has 2 aliphatic heterocycles.